The summed E-state index contributed by atoms with van der Waals surface area (Å²) in [6.07, 6.45) is 0.342. The molecule has 2 heteroatoms. The molecule has 0 fully saturated rings. The zero-order chi connectivity index (χ0) is 13.0. The van der Waals surface area contributed by atoms with E-state index in [1.807, 2.05) is 0 Å². The molecule has 0 radical (unpaired) electrons. The lowest BCUT2D eigenvalue weighted by Gasteiger charge is -2.31. The smallest absolute Gasteiger partial charge is 0.0570 e. The SMILES string of the molecule is CC(C)C(C)OCC(C)(C)CNC(C)(C)C. The van der Waals surface area contributed by atoms with Gasteiger partial charge >= 0.3 is 0 Å². The molecule has 98 valence electrons. The molecule has 0 aliphatic carbocycles. The standard InChI is InChI=1S/C14H31NO/c1-11(2)12(3)16-10-14(7,8)9-15-13(4,5)6/h11-12,15H,9-10H2,1-8H3. The van der Waals surface area contributed by atoms with Gasteiger partial charge in [0.1, 0.15) is 0 Å². The normalized spacial score (nSPS) is 15.6. The Hall–Kier alpha value is -0.0800. The largest absolute Gasteiger partial charge is 0.378 e. The van der Waals surface area contributed by atoms with Crippen molar-refractivity contribution in [2.24, 2.45) is 11.3 Å². The average molecular weight is 229 g/mol. The van der Waals surface area contributed by atoms with E-state index in [4.69, 9.17) is 4.74 Å². The summed E-state index contributed by atoms with van der Waals surface area (Å²) in [4.78, 5) is 0. The lowest BCUT2D eigenvalue weighted by atomic mass is 9.93. The molecule has 16 heavy (non-hydrogen) atoms. The maximum absolute atomic E-state index is 5.89. The van der Waals surface area contributed by atoms with Crippen molar-refractivity contribution < 1.29 is 4.74 Å². The molecule has 0 aromatic heterocycles. The van der Waals surface area contributed by atoms with Crippen LogP contribution in [-0.2, 0) is 4.74 Å². The lowest BCUT2D eigenvalue weighted by Crippen LogP contribution is -2.43. The van der Waals surface area contributed by atoms with E-state index < -0.39 is 0 Å². The Kier molecular flexibility index (Phi) is 5.99. The van der Waals surface area contributed by atoms with Gasteiger partial charge in [-0.3, -0.25) is 0 Å². The Morgan fingerprint density at radius 1 is 1.00 bits per heavy atom. The van der Waals surface area contributed by atoms with Gasteiger partial charge in [0, 0.05) is 17.5 Å². The first-order chi connectivity index (χ1) is 7.03. The molecule has 0 saturated heterocycles. The van der Waals surface area contributed by atoms with Gasteiger partial charge in [-0.25, -0.2) is 0 Å². The third kappa shape index (κ3) is 8.12. The molecule has 0 bridgehead atoms. The maximum Gasteiger partial charge on any atom is 0.0570 e. The summed E-state index contributed by atoms with van der Waals surface area (Å²) in [5.41, 5.74) is 0.372. The van der Waals surface area contributed by atoms with Crippen LogP contribution in [0.1, 0.15) is 55.4 Å². The van der Waals surface area contributed by atoms with Crippen LogP contribution in [0.5, 0.6) is 0 Å². The molecule has 0 rings (SSSR count). The van der Waals surface area contributed by atoms with E-state index in [9.17, 15) is 0 Å². The van der Waals surface area contributed by atoms with E-state index in [1.54, 1.807) is 0 Å². The Bertz CT molecular complexity index is 191. The Balaban J connectivity index is 3.96. The minimum atomic E-state index is 0.181. The number of ether oxygens (including phenoxy) is 1. The monoisotopic (exact) mass is 229 g/mol. The van der Waals surface area contributed by atoms with Crippen LogP contribution in [0, 0.1) is 11.3 Å². The van der Waals surface area contributed by atoms with Crippen molar-refractivity contribution in [3.05, 3.63) is 0 Å². The lowest BCUT2D eigenvalue weighted by molar-refractivity contribution is -0.0111. The second-order valence-electron chi connectivity index (χ2n) is 7.03. The van der Waals surface area contributed by atoms with Crippen molar-refractivity contribution in [2.75, 3.05) is 13.2 Å². The Morgan fingerprint density at radius 3 is 1.88 bits per heavy atom. The Labute approximate surface area is 102 Å². The first-order valence-electron chi connectivity index (χ1n) is 6.40. The highest BCUT2D eigenvalue weighted by molar-refractivity contribution is 4.78. The molecule has 1 atom stereocenters. The van der Waals surface area contributed by atoms with Crippen molar-refractivity contribution >= 4 is 0 Å². The fourth-order valence-corrected chi connectivity index (χ4v) is 1.10. The molecule has 1 unspecified atom stereocenters. The summed E-state index contributed by atoms with van der Waals surface area (Å²) < 4.78 is 5.89. The van der Waals surface area contributed by atoms with Crippen LogP contribution in [0.3, 0.4) is 0 Å². The van der Waals surface area contributed by atoms with Crippen molar-refractivity contribution in [3.63, 3.8) is 0 Å². The molecule has 0 heterocycles. The highest BCUT2D eigenvalue weighted by atomic mass is 16.5. The minimum absolute atomic E-state index is 0.181. The molecule has 0 spiro atoms. The van der Waals surface area contributed by atoms with Gasteiger partial charge < -0.3 is 10.1 Å². The number of rotatable bonds is 6. The summed E-state index contributed by atoms with van der Waals surface area (Å²) in [5, 5.41) is 3.54. The van der Waals surface area contributed by atoms with Crippen molar-refractivity contribution in [1.82, 2.24) is 5.32 Å². The van der Waals surface area contributed by atoms with Gasteiger partial charge in [0.15, 0.2) is 0 Å². The van der Waals surface area contributed by atoms with E-state index in [0.29, 0.717) is 12.0 Å². The van der Waals surface area contributed by atoms with Gasteiger partial charge in [0.05, 0.1) is 12.7 Å². The highest BCUT2D eigenvalue weighted by Gasteiger charge is 2.22. The number of hydrogen-bond acceptors (Lipinski definition) is 2. The quantitative estimate of drug-likeness (QED) is 0.753. The van der Waals surface area contributed by atoms with Gasteiger partial charge in [-0.2, -0.15) is 0 Å². The first kappa shape index (κ1) is 15.9. The van der Waals surface area contributed by atoms with Gasteiger partial charge in [-0.15, -0.1) is 0 Å². The van der Waals surface area contributed by atoms with Crippen LogP contribution in [0.15, 0.2) is 0 Å². The molecular formula is C14H31NO. The van der Waals surface area contributed by atoms with Crippen molar-refractivity contribution in [1.29, 1.82) is 0 Å². The second kappa shape index (κ2) is 6.02. The van der Waals surface area contributed by atoms with E-state index in [0.717, 1.165) is 13.2 Å². The van der Waals surface area contributed by atoms with Gasteiger partial charge in [-0.1, -0.05) is 27.7 Å². The summed E-state index contributed by atoms with van der Waals surface area (Å²) >= 11 is 0. The summed E-state index contributed by atoms with van der Waals surface area (Å²) in [7, 11) is 0. The van der Waals surface area contributed by atoms with Gasteiger partial charge in [0.2, 0.25) is 0 Å². The van der Waals surface area contributed by atoms with Crippen molar-refractivity contribution in [3.8, 4) is 0 Å². The fourth-order valence-electron chi connectivity index (χ4n) is 1.10. The topological polar surface area (TPSA) is 21.3 Å². The zero-order valence-corrected chi connectivity index (χ0v) is 12.5. The summed E-state index contributed by atoms with van der Waals surface area (Å²) in [6, 6.07) is 0. The van der Waals surface area contributed by atoms with Crippen molar-refractivity contribution in [2.45, 2.75) is 67.0 Å². The molecule has 2 nitrogen and oxygen atoms in total. The van der Waals surface area contributed by atoms with E-state index in [2.05, 4.69) is 60.7 Å². The third-order valence-electron chi connectivity index (χ3n) is 2.77. The van der Waals surface area contributed by atoms with Crippen LogP contribution < -0.4 is 5.32 Å². The van der Waals surface area contributed by atoms with Gasteiger partial charge in [0.25, 0.3) is 0 Å². The van der Waals surface area contributed by atoms with E-state index in [-0.39, 0.29) is 11.0 Å². The van der Waals surface area contributed by atoms with Crippen LogP contribution in [0.4, 0.5) is 0 Å². The van der Waals surface area contributed by atoms with Gasteiger partial charge in [-0.05, 0) is 33.6 Å². The molecule has 0 aromatic rings. The summed E-state index contributed by atoms with van der Waals surface area (Å²) in [6.45, 7) is 19.4. The average Bonchev–Trinajstić information content (AvgIpc) is 2.10. The fraction of sp³-hybridized carbons (Fsp3) is 1.00. The van der Waals surface area contributed by atoms with E-state index in [1.165, 1.54) is 0 Å². The first-order valence-corrected chi connectivity index (χ1v) is 6.40. The summed E-state index contributed by atoms with van der Waals surface area (Å²) in [5.74, 6) is 0.589. The molecular weight excluding hydrogens is 198 g/mol. The van der Waals surface area contributed by atoms with Crippen LogP contribution >= 0.6 is 0 Å². The molecule has 0 amide bonds. The molecule has 0 aliphatic rings. The van der Waals surface area contributed by atoms with Crippen LogP contribution in [-0.4, -0.2) is 24.8 Å². The minimum Gasteiger partial charge on any atom is -0.378 e. The molecule has 0 aromatic carbocycles. The number of nitrogens with one attached hydrogen (secondary N) is 1. The maximum atomic E-state index is 5.89. The molecule has 1 N–H and O–H groups in total. The Morgan fingerprint density at radius 2 is 1.50 bits per heavy atom. The second-order valence-corrected chi connectivity index (χ2v) is 7.03. The predicted octanol–water partition coefficient (Wildman–Crippen LogP) is 3.46. The van der Waals surface area contributed by atoms with E-state index >= 15 is 0 Å². The van der Waals surface area contributed by atoms with Crippen LogP contribution in [0.2, 0.25) is 0 Å². The number of hydrogen-bond donors (Lipinski definition) is 1. The van der Waals surface area contributed by atoms with Crippen LogP contribution in [0.25, 0.3) is 0 Å². The third-order valence-corrected chi connectivity index (χ3v) is 2.77. The molecule has 0 saturated carbocycles. The highest BCUT2D eigenvalue weighted by Crippen LogP contribution is 2.18. The molecule has 0 aliphatic heterocycles. The predicted molar refractivity (Wildman–Crippen MR) is 71.8 cm³/mol. The zero-order valence-electron chi connectivity index (χ0n) is 12.5.